The fourth-order valence-electron chi connectivity index (χ4n) is 2.93. The van der Waals surface area contributed by atoms with Crippen LogP contribution in [0.25, 0.3) is 0 Å². The van der Waals surface area contributed by atoms with Crippen LogP contribution in [-0.2, 0) is 11.6 Å². The van der Waals surface area contributed by atoms with Crippen molar-refractivity contribution in [2.75, 3.05) is 0 Å². The van der Waals surface area contributed by atoms with E-state index in [9.17, 15) is 18.3 Å². The number of nitrogens with zero attached hydrogens (tertiary/aromatic N) is 2. The van der Waals surface area contributed by atoms with Crippen molar-refractivity contribution in [3.8, 4) is 0 Å². The Morgan fingerprint density at radius 2 is 1.86 bits per heavy atom. The molecule has 2 aromatic rings. The molecule has 6 heteroatoms. The molecule has 0 spiro atoms. The summed E-state index contributed by atoms with van der Waals surface area (Å²) in [6, 6.07) is 7.15. The minimum atomic E-state index is -4.42. The first-order valence-electron chi connectivity index (χ1n) is 7.06. The van der Waals surface area contributed by atoms with Crippen LogP contribution in [0.3, 0.4) is 0 Å². The Morgan fingerprint density at radius 1 is 1.09 bits per heavy atom. The van der Waals surface area contributed by atoms with E-state index in [-0.39, 0.29) is 5.69 Å². The number of pyridine rings is 2. The van der Waals surface area contributed by atoms with Gasteiger partial charge in [-0.15, -0.1) is 0 Å². The maximum atomic E-state index is 12.9. The average Bonchev–Trinajstić information content (AvgIpc) is 2.46. The lowest BCUT2D eigenvalue weighted by Gasteiger charge is -2.44. The molecule has 0 amide bonds. The Bertz CT molecular complexity index is 654. The van der Waals surface area contributed by atoms with Crippen molar-refractivity contribution < 1.29 is 18.3 Å². The minimum Gasteiger partial charge on any atom is -0.386 e. The number of halogens is 3. The zero-order valence-electron chi connectivity index (χ0n) is 11.7. The lowest BCUT2D eigenvalue weighted by Crippen LogP contribution is -2.41. The van der Waals surface area contributed by atoms with Gasteiger partial charge in [-0.3, -0.25) is 9.97 Å². The monoisotopic (exact) mass is 308 g/mol. The fourth-order valence-corrected chi connectivity index (χ4v) is 2.93. The van der Waals surface area contributed by atoms with E-state index in [1.807, 2.05) is 0 Å². The molecule has 0 aromatic carbocycles. The van der Waals surface area contributed by atoms with Crippen molar-refractivity contribution in [1.82, 2.24) is 9.97 Å². The first kappa shape index (κ1) is 15.0. The van der Waals surface area contributed by atoms with Crippen molar-refractivity contribution in [1.29, 1.82) is 0 Å². The van der Waals surface area contributed by atoms with Crippen LogP contribution in [0.1, 0.15) is 42.3 Å². The third kappa shape index (κ3) is 2.47. The highest BCUT2D eigenvalue weighted by Gasteiger charge is 2.48. The molecule has 0 saturated heterocycles. The summed E-state index contributed by atoms with van der Waals surface area (Å²) in [7, 11) is 0. The highest BCUT2D eigenvalue weighted by Crippen LogP contribution is 2.51. The number of aromatic nitrogens is 2. The largest absolute Gasteiger partial charge is 0.416 e. The Balaban J connectivity index is 2.00. The molecule has 1 N–H and O–H groups in total. The normalized spacial score (nSPS) is 18.5. The standard InChI is InChI=1S/C16H15F3N2O/c17-16(18,19)11-5-9-21-13(10-11)15(6-3-7-15)14(22)12-4-1-2-8-20-12/h1-2,4-5,8-10,14,22H,3,6-7H2/t14-/m1/s1. The highest BCUT2D eigenvalue weighted by atomic mass is 19.4. The van der Waals surface area contributed by atoms with Crippen LogP contribution in [0.5, 0.6) is 0 Å². The van der Waals surface area contributed by atoms with Crippen LogP contribution in [-0.4, -0.2) is 15.1 Å². The van der Waals surface area contributed by atoms with Gasteiger partial charge in [0, 0.05) is 17.8 Å². The predicted octanol–water partition coefficient (Wildman–Crippen LogP) is 3.65. The molecule has 1 saturated carbocycles. The number of alkyl halides is 3. The molecule has 0 aliphatic heterocycles. The topological polar surface area (TPSA) is 46.0 Å². The lowest BCUT2D eigenvalue weighted by atomic mass is 9.62. The number of hydrogen-bond donors (Lipinski definition) is 1. The van der Waals surface area contributed by atoms with Crippen molar-refractivity contribution in [3.63, 3.8) is 0 Å². The van der Waals surface area contributed by atoms with E-state index in [1.54, 1.807) is 24.4 Å². The average molecular weight is 308 g/mol. The first-order chi connectivity index (χ1) is 10.4. The molecule has 2 aromatic heterocycles. The van der Waals surface area contributed by atoms with Gasteiger partial charge in [-0.2, -0.15) is 13.2 Å². The molecule has 0 radical (unpaired) electrons. The lowest BCUT2D eigenvalue weighted by molar-refractivity contribution is -0.137. The van der Waals surface area contributed by atoms with Gasteiger partial charge in [0.2, 0.25) is 0 Å². The fraction of sp³-hybridized carbons (Fsp3) is 0.375. The van der Waals surface area contributed by atoms with Gasteiger partial charge in [-0.1, -0.05) is 12.5 Å². The quantitative estimate of drug-likeness (QED) is 0.941. The maximum absolute atomic E-state index is 12.9. The van der Waals surface area contributed by atoms with E-state index >= 15 is 0 Å². The van der Waals surface area contributed by atoms with Gasteiger partial charge in [0.15, 0.2) is 0 Å². The van der Waals surface area contributed by atoms with Crippen LogP contribution in [0.4, 0.5) is 13.2 Å². The Kier molecular flexibility index (Phi) is 3.64. The van der Waals surface area contributed by atoms with E-state index in [2.05, 4.69) is 9.97 Å². The van der Waals surface area contributed by atoms with E-state index in [1.165, 1.54) is 0 Å². The molecule has 0 bridgehead atoms. The third-order valence-electron chi connectivity index (χ3n) is 4.33. The summed E-state index contributed by atoms with van der Waals surface area (Å²) < 4.78 is 38.7. The summed E-state index contributed by atoms with van der Waals surface area (Å²) >= 11 is 0. The predicted molar refractivity (Wildman–Crippen MR) is 74.0 cm³/mol. The van der Waals surface area contributed by atoms with Crippen LogP contribution in [0, 0.1) is 0 Å². The molecule has 1 aliphatic carbocycles. The van der Waals surface area contributed by atoms with Gasteiger partial charge < -0.3 is 5.11 Å². The number of hydrogen-bond acceptors (Lipinski definition) is 3. The van der Waals surface area contributed by atoms with Crippen LogP contribution >= 0.6 is 0 Å². The zero-order chi connectivity index (χ0) is 15.8. The van der Waals surface area contributed by atoms with Gasteiger partial charge in [0.05, 0.1) is 17.0 Å². The first-order valence-corrected chi connectivity index (χ1v) is 7.06. The van der Waals surface area contributed by atoms with Crippen LogP contribution < -0.4 is 0 Å². The Hall–Kier alpha value is -1.95. The summed E-state index contributed by atoms with van der Waals surface area (Å²) in [5, 5.41) is 10.7. The van der Waals surface area contributed by atoms with Crippen LogP contribution in [0.15, 0.2) is 42.7 Å². The second-order valence-electron chi connectivity index (χ2n) is 5.59. The van der Waals surface area contributed by atoms with E-state index in [0.717, 1.165) is 24.8 Å². The molecule has 0 unspecified atom stereocenters. The van der Waals surface area contributed by atoms with Gasteiger partial charge in [-0.25, -0.2) is 0 Å². The number of rotatable bonds is 3. The second-order valence-corrected chi connectivity index (χ2v) is 5.59. The molecular formula is C16H15F3N2O. The van der Waals surface area contributed by atoms with Crippen molar-refractivity contribution >= 4 is 0 Å². The molecule has 1 aliphatic rings. The van der Waals surface area contributed by atoms with E-state index in [4.69, 9.17) is 0 Å². The number of aliphatic hydroxyl groups excluding tert-OH is 1. The van der Waals surface area contributed by atoms with E-state index < -0.39 is 23.3 Å². The molecule has 116 valence electrons. The summed E-state index contributed by atoms with van der Waals surface area (Å²) in [6.07, 6.45) is -0.620. The van der Waals surface area contributed by atoms with Gasteiger partial charge in [-0.05, 0) is 37.1 Å². The summed E-state index contributed by atoms with van der Waals surface area (Å²) in [6.45, 7) is 0. The summed E-state index contributed by atoms with van der Waals surface area (Å²) in [4.78, 5) is 8.23. The molecule has 22 heavy (non-hydrogen) atoms. The Morgan fingerprint density at radius 3 is 2.41 bits per heavy atom. The molecule has 3 nitrogen and oxygen atoms in total. The van der Waals surface area contributed by atoms with Crippen molar-refractivity contribution in [3.05, 3.63) is 59.7 Å². The zero-order valence-corrected chi connectivity index (χ0v) is 11.7. The van der Waals surface area contributed by atoms with Crippen molar-refractivity contribution in [2.45, 2.75) is 37.0 Å². The molecule has 3 rings (SSSR count). The maximum Gasteiger partial charge on any atom is 0.416 e. The molecule has 1 fully saturated rings. The smallest absolute Gasteiger partial charge is 0.386 e. The third-order valence-corrected chi connectivity index (χ3v) is 4.33. The molecule has 1 atom stereocenters. The molecular weight excluding hydrogens is 293 g/mol. The Labute approximate surface area is 125 Å². The minimum absolute atomic E-state index is 0.284. The summed E-state index contributed by atoms with van der Waals surface area (Å²) in [5.41, 5.74) is -0.777. The van der Waals surface area contributed by atoms with Gasteiger partial charge >= 0.3 is 6.18 Å². The van der Waals surface area contributed by atoms with Gasteiger partial charge in [0.1, 0.15) is 6.10 Å². The number of aliphatic hydroxyl groups is 1. The van der Waals surface area contributed by atoms with Gasteiger partial charge in [0.25, 0.3) is 0 Å². The SMILES string of the molecule is O[C@H](c1ccccn1)C1(c2cc(C(F)(F)F)ccn2)CCC1. The second kappa shape index (κ2) is 5.35. The van der Waals surface area contributed by atoms with Crippen molar-refractivity contribution in [2.24, 2.45) is 0 Å². The summed E-state index contributed by atoms with van der Waals surface area (Å²) in [5.74, 6) is 0. The van der Waals surface area contributed by atoms with E-state index in [0.29, 0.717) is 18.5 Å². The highest BCUT2D eigenvalue weighted by molar-refractivity contribution is 5.31. The van der Waals surface area contributed by atoms with Crippen LogP contribution in [0.2, 0.25) is 0 Å². The molecule has 2 heterocycles.